The Hall–Kier alpha value is -2.13. The number of nitrogens with one attached hydrogen (secondary N) is 1. The Balaban J connectivity index is 1.56. The molecule has 1 saturated carbocycles. The van der Waals surface area contributed by atoms with Gasteiger partial charge in [-0.25, -0.2) is 13.2 Å². The van der Waals surface area contributed by atoms with Gasteiger partial charge in [-0.05, 0) is 31.4 Å². The third kappa shape index (κ3) is 3.09. The molecule has 8 nitrogen and oxygen atoms in total. The van der Waals surface area contributed by atoms with Gasteiger partial charge in [-0.2, -0.15) is 4.31 Å². The molecule has 1 aliphatic carbocycles. The van der Waals surface area contributed by atoms with Crippen LogP contribution >= 0.6 is 0 Å². The lowest BCUT2D eigenvalue weighted by Crippen LogP contribution is -2.37. The summed E-state index contributed by atoms with van der Waals surface area (Å²) < 4.78 is 32.2. The number of carbonyl (C=O) groups is 1. The number of nitrogens with zero attached hydrogens (tertiary/aromatic N) is 2. The monoisotopic (exact) mass is 365 g/mol. The first-order valence-corrected chi connectivity index (χ1v) is 9.81. The van der Waals surface area contributed by atoms with Gasteiger partial charge in [-0.1, -0.05) is 0 Å². The van der Waals surface area contributed by atoms with E-state index in [1.807, 2.05) is 0 Å². The minimum Gasteiger partial charge on any atom is -0.408 e. The van der Waals surface area contributed by atoms with E-state index in [2.05, 4.69) is 4.98 Å². The molecule has 1 aromatic heterocycles. The van der Waals surface area contributed by atoms with Crippen molar-refractivity contribution in [2.45, 2.75) is 24.2 Å². The van der Waals surface area contributed by atoms with E-state index < -0.39 is 15.8 Å². The molecule has 2 aromatic rings. The summed E-state index contributed by atoms with van der Waals surface area (Å²) in [6.45, 7) is 1.64. The molecule has 1 N–H and O–H groups in total. The van der Waals surface area contributed by atoms with E-state index in [9.17, 15) is 18.0 Å². The van der Waals surface area contributed by atoms with Gasteiger partial charge in [0.2, 0.25) is 15.9 Å². The van der Waals surface area contributed by atoms with Crippen molar-refractivity contribution in [1.29, 1.82) is 0 Å². The lowest BCUT2D eigenvalue weighted by atomic mass is 10.3. The molecule has 134 valence electrons. The molecule has 25 heavy (non-hydrogen) atoms. The minimum absolute atomic E-state index is 0.0877. The van der Waals surface area contributed by atoms with Gasteiger partial charge in [0.1, 0.15) is 0 Å². The summed E-state index contributed by atoms with van der Waals surface area (Å²) >= 11 is 0. The third-order valence-corrected chi connectivity index (χ3v) is 6.62. The van der Waals surface area contributed by atoms with Crippen LogP contribution in [0.5, 0.6) is 0 Å². The van der Waals surface area contributed by atoms with E-state index in [0.29, 0.717) is 31.6 Å². The molecular formula is C16H19N3O5S. The highest BCUT2D eigenvalue weighted by molar-refractivity contribution is 7.89. The predicted molar refractivity (Wildman–Crippen MR) is 89.5 cm³/mol. The molecule has 1 amide bonds. The first kappa shape index (κ1) is 16.3. The van der Waals surface area contributed by atoms with Crippen molar-refractivity contribution >= 4 is 27.0 Å². The molecule has 1 aromatic carbocycles. The molecule has 1 aliphatic heterocycles. The fourth-order valence-electron chi connectivity index (χ4n) is 3.18. The maximum absolute atomic E-state index is 12.9. The number of aromatic nitrogens is 1. The molecular weight excluding hydrogens is 346 g/mol. The van der Waals surface area contributed by atoms with Crippen LogP contribution in [-0.2, 0) is 14.8 Å². The average molecular weight is 365 g/mol. The maximum atomic E-state index is 12.9. The zero-order valence-electron chi connectivity index (χ0n) is 13.6. The summed E-state index contributed by atoms with van der Waals surface area (Å²) in [6, 6.07) is 4.34. The van der Waals surface area contributed by atoms with E-state index in [1.165, 1.54) is 22.5 Å². The molecule has 0 bridgehead atoms. The van der Waals surface area contributed by atoms with Crippen LogP contribution in [0.4, 0.5) is 0 Å². The first-order chi connectivity index (χ1) is 11.9. The Morgan fingerprint density at radius 2 is 1.96 bits per heavy atom. The van der Waals surface area contributed by atoms with Gasteiger partial charge in [0, 0.05) is 38.2 Å². The van der Waals surface area contributed by atoms with Crippen molar-refractivity contribution in [1.82, 2.24) is 14.2 Å². The van der Waals surface area contributed by atoms with E-state index in [4.69, 9.17) is 4.42 Å². The van der Waals surface area contributed by atoms with Gasteiger partial charge in [-0.3, -0.25) is 9.78 Å². The van der Waals surface area contributed by atoms with Crippen LogP contribution in [0.2, 0.25) is 0 Å². The molecule has 2 heterocycles. The summed E-state index contributed by atoms with van der Waals surface area (Å²) in [5.41, 5.74) is 0.674. The van der Waals surface area contributed by atoms with Gasteiger partial charge in [0.05, 0.1) is 10.4 Å². The Morgan fingerprint density at radius 3 is 2.72 bits per heavy atom. The summed E-state index contributed by atoms with van der Waals surface area (Å²) in [4.78, 5) is 27.8. The number of hydrogen-bond acceptors (Lipinski definition) is 5. The normalized spacial score (nSPS) is 19.9. The Bertz CT molecular complexity index is 973. The van der Waals surface area contributed by atoms with Gasteiger partial charge in [-0.15, -0.1) is 0 Å². The second kappa shape index (κ2) is 5.99. The van der Waals surface area contributed by atoms with Crippen LogP contribution in [0.15, 0.2) is 32.3 Å². The number of carbonyl (C=O) groups excluding carboxylic acids is 1. The number of aromatic amines is 1. The Morgan fingerprint density at radius 1 is 1.16 bits per heavy atom. The number of sulfonamides is 1. The highest BCUT2D eigenvalue weighted by Crippen LogP contribution is 2.31. The molecule has 2 aliphatic rings. The molecule has 2 fully saturated rings. The quantitative estimate of drug-likeness (QED) is 0.865. The number of benzene rings is 1. The Labute approximate surface area is 144 Å². The molecule has 0 atom stereocenters. The summed E-state index contributed by atoms with van der Waals surface area (Å²) in [5, 5.41) is 0. The third-order valence-electron chi connectivity index (χ3n) is 4.72. The molecule has 4 rings (SSSR count). The van der Waals surface area contributed by atoms with Crippen molar-refractivity contribution in [2.24, 2.45) is 5.92 Å². The first-order valence-electron chi connectivity index (χ1n) is 8.37. The average Bonchev–Trinajstić information content (AvgIpc) is 3.37. The Kier molecular flexibility index (Phi) is 3.92. The van der Waals surface area contributed by atoms with Crippen molar-refractivity contribution < 1.29 is 17.6 Å². The lowest BCUT2D eigenvalue weighted by Gasteiger charge is -2.22. The number of fused-ring (bicyclic) bond motifs is 1. The SMILES string of the molecule is O=C(C1CC1)N1CCCN(S(=O)(=O)c2ccc3[nH]c(=O)oc3c2)CC1. The minimum atomic E-state index is -3.70. The van der Waals surface area contributed by atoms with Crippen LogP contribution in [0, 0.1) is 5.92 Å². The van der Waals surface area contributed by atoms with E-state index in [-0.39, 0.29) is 28.8 Å². The summed E-state index contributed by atoms with van der Waals surface area (Å²) in [6.07, 6.45) is 2.50. The standard InChI is InChI=1S/C16H19N3O5S/c20-15(11-2-3-11)18-6-1-7-19(9-8-18)25(22,23)12-4-5-13-14(10-12)24-16(21)17-13/h4-5,10-11H,1-3,6-9H2,(H,17,21). The van der Waals surface area contributed by atoms with E-state index in [1.54, 1.807) is 4.90 Å². The smallest absolute Gasteiger partial charge is 0.408 e. The summed E-state index contributed by atoms with van der Waals surface area (Å²) in [7, 11) is -3.70. The molecule has 1 saturated heterocycles. The molecule has 0 spiro atoms. The van der Waals surface area contributed by atoms with Crippen LogP contribution in [-0.4, -0.2) is 54.7 Å². The van der Waals surface area contributed by atoms with Crippen molar-refractivity contribution in [2.75, 3.05) is 26.2 Å². The van der Waals surface area contributed by atoms with Gasteiger partial charge >= 0.3 is 5.76 Å². The van der Waals surface area contributed by atoms with Crippen LogP contribution in [0.25, 0.3) is 11.1 Å². The van der Waals surface area contributed by atoms with Crippen molar-refractivity contribution in [3.05, 3.63) is 28.7 Å². The zero-order valence-corrected chi connectivity index (χ0v) is 14.4. The van der Waals surface area contributed by atoms with Crippen LogP contribution in [0.1, 0.15) is 19.3 Å². The fraction of sp³-hybridized carbons (Fsp3) is 0.500. The van der Waals surface area contributed by atoms with E-state index >= 15 is 0 Å². The second-order valence-electron chi connectivity index (χ2n) is 6.53. The molecule has 9 heteroatoms. The number of rotatable bonds is 3. The molecule has 0 radical (unpaired) electrons. The van der Waals surface area contributed by atoms with Crippen LogP contribution in [0.3, 0.4) is 0 Å². The largest absolute Gasteiger partial charge is 0.417 e. The van der Waals surface area contributed by atoms with Crippen molar-refractivity contribution in [3.8, 4) is 0 Å². The number of hydrogen-bond donors (Lipinski definition) is 1. The van der Waals surface area contributed by atoms with Gasteiger partial charge in [0.15, 0.2) is 5.58 Å². The zero-order chi connectivity index (χ0) is 17.6. The number of H-pyrrole nitrogens is 1. The molecule has 0 unspecified atom stereocenters. The van der Waals surface area contributed by atoms with Gasteiger partial charge < -0.3 is 9.32 Å². The summed E-state index contributed by atoms with van der Waals surface area (Å²) in [5.74, 6) is -0.328. The highest BCUT2D eigenvalue weighted by atomic mass is 32.2. The van der Waals surface area contributed by atoms with E-state index in [0.717, 1.165) is 12.8 Å². The second-order valence-corrected chi connectivity index (χ2v) is 8.47. The fourth-order valence-corrected chi connectivity index (χ4v) is 4.66. The van der Waals surface area contributed by atoms with Gasteiger partial charge in [0.25, 0.3) is 0 Å². The maximum Gasteiger partial charge on any atom is 0.417 e. The predicted octanol–water partition coefficient (Wildman–Crippen LogP) is 0.754. The lowest BCUT2D eigenvalue weighted by molar-refractivity contribution is -0.132. The highest BCUT2D eigenvalue weighted by Gasteiger charge is 2.35. The topological polar surface area (TPSA) is 104 Å². The van der Waals surface area contributed by atoms with Crippen molar-refractivity contribution in [3.63, 3.8) is 0 Å². The number of amides is 1. The van der Waals surface area contributed by atoms with Crippen LogP contribution < -0.4 is 5.76 Å². The number of oxazole rings is 1.